The molecule has 0 fully saturated rings. The van der Waals surface area contributed by atoms with Gasteiger partial charge in [0.2, 0.25) is 11.8 Å². The number of hydrogen-bond acceptors (Lipinski definition) is 4. The van der Waals surface area contributed by atoms with Crippen molar-refractivity contribution in [2.45, 2.75) is 39.7 Å². The molecule has 2 heterocycles. The zero-order chi connectivity index (χ0) is 17.8. The second-order valence-electron chi connectivity index (χ2n) is 6.03. The molecule has 0 bridgehead atoms. The van der Waals surface area contributed by atoms with Crippen molar-refractivity contribution in [1.29, 1.82) is 0 Å². The molecule has 3 aromatic rings. The third kappa shape index (κ3) is 3.79. The van der Waals surface area contributed by atoms with Crippen LogP contribution < -0.4 is 5.32 Å². The van der Waals surface area contributed by atoms with Gasteiger partial charge in [0.05, 0.1) is 24.4 Å². The van der Waals surface area contributed by atoms with E-state index in [1.54, 1.807) is 12.3 Å². The fourth-order valence-corrected chi connectivity index (χ4v) is 2.57. The minimum absolute atomic E-state index is 0.138. The monoisotopic (exact) mass is 338 g/mol. The van der Waals surface area contributed by atoms with Crippen LogP contribution in [0.25, 0.3) is 11.5 Å². The number of nitrogens with one attached hydrogen (secondary N) is 1. The van der Waals surface area contributed by atoms with Crippen molar-refractivity contribution < 1.29 is 9.21 Å². The average molecular weight is 338 g/mol. The lowest BCUT2D eigenvalue weighted by Crippen LogP contribution is -2.19. The Labute approximate surface area is 146 Å². The Hall–Kier alpha value is -2.89. The maximum Gasteiger partial charge on any atom is 0.231 e. The third-order valence-corrected chi connectivity index (χ3v) is 4.19. The average Bonchev–Trinajstić information content (AvgIpc) is 3.22. The van der Waals surface area contributed by atoms with E-state index in [0.717, 1.165) is 12.0 Å². The summed E-state index contributed by atoms with van der Waals surface area (Å²) < 4.78 is 7.53. The number of carbonyl (C=O) groups excluding carboxylic acids is 1. The summed E-state index contributed by atoms with van der Waals surface area (Å²) in [4.78, 5) is 16.9. The van der Waals surface area contributed by atoms with Gasteiger partial charge in [0.1, 0.15) is 11.6 Å². The summed E-state index contributed by atoms with van der Waals surface area (Å²) in [5.74, 6) is 1.75. The summed E-state index contributed by atoms with van der Waals surface area (Å²) in [6, 6.07) is 11.7. The first-order valence-corrected chi connectivity index (χ1v) is 8.43. The van der Waals surface area contributed by atoms with Gasteiger partial charge in [-0.2, -0.15) is 5.10 Å². The summed E-state index contributed by atoms with van der Waals surface area (Å²) in [6.07, 6.45) is 2.79. The molecule has 0 saturated heterocycles. The molecule has 0 aliphatic rings. The van der Waals surface area contributed by atoms with Gasteiger partial charge in [0.25, 0.3) is 0 Å². The van der Waals surface area contributed by atoms with Crippen molar-refractivity contribution in [2.75, 3.05) is 5.32 Å². The van der Waals surface area contributed by atoms with E-state index in [4.69, 9.17) is 4.42 Å². The van der Waals surface area contributed by atoms with Crippen LogP contribution in [-0.2, 0) is 11.2 Å². The number of carbonyl (C=O) groups is 1. The van der Waals surface area contributed by atoms with Crippen LogP contribution in [0.5, 0.6) is 0 Å². The van der Waals surface area contributed by atoms with E-state index >= 15 is 0 Å². The van der Waals surface area contributed by atoms with Crippen LogP contribution in [0, 0.1) is 6.92 Å². The molecule has 0 saturated carbocycles. The van der Waals surface area contributed by atoms with Crippen molar-refractivity contribution in [3.05, 3.63) is 54.0 Å². The predicted molar refractivity (Wildman–Crippen MR) is 96.2 cm³/mol. The topological polar surface area (TPSA) is 73.0 Å². The minimum Gasteiger partial charge on any atom is -0.441 e. The zero-order valence-electron chi connectivity index (χ0n) is 14.7. The molecule has 0 aliphatic carbocycles. The van der Waals surface area contributed by atoms with E-state index in [1.807, 2.05) is 41.9 Å². The minimum atomic E-state index is -0.138. The maximum absolute atomic E-state index is 12.4. The molecule has 0 aliphatic heterocycles. The molecule has 6 heteroatoms. The molecular weight excluding hydrogens is 316 g/mol. The summed E-state index contributed by atoms with van der Waals surface area (Å²) in [7, 11) is 0. The van der Waals surface area contributed by atoms with Crippen LogP contribution >= 0.6 is 0 Å². The highest BCUT2D eigenvalue weighted by Gasteiger charge is 2.16. The second-order valence-corrected chi connectivity index (χ2v) is 6.03. The molecule has 1 amide bonds. The number of nitrogens with zero attached hydrogens (tertiary/aromatic N) is 3. The zero-order valence-corrected chi connectivity index (χ0v) is 14.7. The van der Waals surface area contributed by atoms with Crippen LogP contribution in [0.4, 0.5) is 5.82 Å². The van der Waals surface area contributed by atoms with E-state index in [0.29, 0.717) is 23.2 Å². The number of anilines is 1. The lowest BCUT2D eigenvalue weighted by molar-refractivity contribution is -0.115. The first-order chi connectivity index (χ1) is 12.1. The van der Waals surface area contributed by atoms with Crippen LogP contribution in [0.2, 0.25) is 0 Å². The largest absolute Gasteiger partial charge is 0.441 e. The van der Waals surface area contributed by atoms with Crippen LogP contribution in [0.1, 0.15) is 37.8 Å². The van der Waals surface area contributed by atoms with E-state index in [9.17, 15) is 4.79 Å². The van der Waals surface area contributed by atoms with E-state index in [-0.39, 0.29) is 18.4 Å². The number of oxazole rings is 1. The molecule has 3 rings (SSSR count). The molecule has 1 aromatic carbocycles. The molecule has 1 N–H and O–H groups in total. The van der Waals surface area contributed by atoms with Gasteiger partial charge in [-0.25, -0.2) is 9.67 Å². The molecule has 0 spiro atoms. The Balaban J connectivity index is 1.72. The molecule has 1 atom stereocenters. The van der Waals surface area contributed by atoms with Crippen molar-refractivity contribution in [1.82, 2.24) is 14.8 Å². The lowest BCUT2D eigenvalue weighted by Gasteiger charge is -2.13. The van der Waals surface area contributed by atoms with Crippen LogP contribution in [0.3, 0.4) is 0 Å². The van der Waals surface area contributed by atoms with Gasteiger partial charge in [-0.1, -0.05) is 25.1 Å². The summed E-state index contributed by atoms with van der Waals surface area (Å²) in [5, 5.41) is 7.19. The summed E-state index contributed by atoms with van der Waals surface area (Å²) in [5.41, 5.74) is 1.54. The molecule has 6 nitrogen and oxygen atoms in total. The van der Waals surface area contributed by atoms with Gasteiger partial charge in [-0.3, -0.25) is 4.79 Å². The van der Waals surface area contributed by atoms with Gasteiger partial charge >= 0.3 is 0 Å². The van der Waals surface area contributed by atoms with Crippen molar-refractivity contribution in [2.24, 2.45) is 0 Å². The first-order valence-electron chi connectivity index (χ1n) is 8.43. The maximum atomic E-state index is 12.4. The van der Waals surface area contributed by atoms with Crippen molar-refractivity contribution in [3.63, 3.8) is 0 Å². The normalized spacial score (nSPS) is 12.1. The van der Waals surface area contributed by atoms with E-state index in [1.165, 1.54) is 0 Å². The molecule has 2 aromatic heterocycles. The first kappa shape index (κ1) is 17.0. The quantitative estimate of drug-likeness (QED) is 0.737. The Morgan fingerprint density at radius 2 is 2.04 bits per heavy atom. The number of rotatable bonds is 6. The molecular formula is C19H22N4O2. The Bertz CT molecular complexity index is 851. The fraction of sp³-hybridized carbons (Fsp3) is 0.316. The highest BCUT2D eigenvalue weighted by molar-refractivity contribution is 5.91. The van der Waals surface area contributed by atoms with E-state index < -0.39 is 0 Å². The SMILES string of the molecule is CCC(C)n1nccc1NC(=O)Cc1nc(-c2ccccc2)oc1C. The predicted octanol–water partition coefficient (Wildman–Crippen LogP) is 4.00. The molecule has 130 valence electrons. The van der Waals surface area contributed by atoms with Gasteiger partial charge in [0, 0.05) is 11.6 Å². The Morgan fingerprint density at radius 1 is 1.28 bits per heavy atom. The summed E-state index contributed by atoms with van der Waals surface area (Å²) >= 11 is 0. The van der Waals surface area contributed by atoms with Crippen molar-refractivity contribution >= 4 is 11.7 Å². The lowest BCUT2D eigenvalue weighted by atomic mass is 10.2. The van der Waals surface area contributed by atoms with Crippen molar-refractivity contribution in [3.8, 4) is 11.5 Å². The number of aromatic nitrogens is 3. The number of benzene rings is 1. The smallest absolute Gasteiger partial charge is 0.231 e. The number of amides is 1. The molecule has 0 radical (unpaired) electrons. The van der Waals surface area contributed by atoms with E-state index in [2.05, 4.69) is 29.2 Å². The highest BCUT2D eigenvalue weighted by Crippen LogP contribution is 2.22. The number of hydrogen-bond donors (Lipinski definition) is 1. The van der Waals surface area contributed by atoms with Crippen LogP contribution in [-0.4, -0.2) is 20.7 Å². The summed E-state index contributed by atoms with van der Waals surface area (Å²) in [6.45, 7) is 5.98. The fourth-order valence-electron chi connectivity index (χ4n) is 2.57. The van der Waals surface area contributed by atoms with Gasteiger partial charge in [-0.05, 0) is 32.4 Å². The van der Waals surface area contributed by atoms with Crippen LogP contribution in [0.15, 0.2) is 47.0 Å². The van der Waals surface area contributed by atoms with Gasteiger partial charge in [-0.15, -0.1) is 0 Å². The van der Waals surface area contributed by atoms with Gasteiger partial charge < -0.3 is 9.73 Å². The molecule has 1 unspecified atom stereocenters. The van der Waals surface area contributed by atoms with Gasteiger partial charge in [0.15, 0.2) is 0 Å². The second kappa shape index (κ2) is 7.34. The Kier molecular flexibility index (Phi) is 4.97. The number of aryl methyl sites for hydroxylation is 1. The third-order valence-electron chi connectivity index (χ3n) is 4.19. The highest BCUT2D eigenvalue weighted by atomic mass is 16.4. The standard InChI is InChI=1S/C19H22N4O2/c1-4-13(2)23-17(10-11-20-23)22-18(24)12-16-14(3)25-19(21-16)15-8-6-5-7-9-15/h5-11,13H,4,12H2,1-3H3,(H,22,24). The Morgan fingerprint density at radius 3 is 2.76 bits per heavy atom. The molecule has 25 heavy (non-hydrogen) atoms.